The second kappa shape index (κ2) is 39.2. The van der Waals surface area contributed by atoms with Crippen molar-refractivity contribution in [1.29, 1.82) is 0 Å². The van der Waals surface area contributed by atoms with Crippen molar-refractivity contribution in [3.63, 3.8) is 0 Å². The van der Waals surface area contributed by atoms with E-state index in [1.54, 1.807) is 24.8 Å². The zero-order valence-electron chi connectivity index (χ0n) is 79.5. The van der Waals surface area contributed by atoms with Crippen LogP contribution >= 0.6 is 0 Å². The third-order valence-electron chi connectivity index (χ3n) is 28.0. The van der Waals surface area contributed by atoms with Crippen molar-refractivity contribution in [3.05, 3.63) is 434 Å². The first kappa shape index (κ1) is 99.8. The number of nitrogens with zero attached hydrogens (tertiary/aromatic N) is 14. The Morgan fingerprint density at radius 2 is 0.459 bits per heavy atom. The Hall–Kier alpha value is -14.9. The van der Waals surface area contributed by atoms with Gasteiger partial charge in [0.2, 0.25) is 0 Å². The first-order valence-corrected chi connectivity index (χ1v) is 46.7. The molecular formula is C124H94N14O4PdPt3. The average Bonchev–Trinajstić information content (AvgIpc) is 1.55. The molecule has 0 radical (unpaired) electrons. The predicted octanol–water partition coefficient (Wildman–Crippen LogP) is 29.0. The van der Waals surface area contributed by atoms with Crippen LogP contribution in [0.2, 0.25) is 0 Å². The monoisotopic (exact) mass is 2530 g/mol. The van der Waals surface area contributed by atoms with Crippen LogP contribution in [0.4, 0.5) is 0 Å². The van der Waals surface area contributed by atoms with Gasteiger partial charge in [-0.2, -0.15) is 24.3 Å². The number of hydrogen-bond acceptors (Lipinski definition) is 12. The van der Waals surface area contributed by atoms with Gasteiger partial charge in [0.05, 0.1) is 11.6 Å². The fourth-order valence-corrected chi connectivity index (χ4v) is 21.2. The van der Waals surface area contributed by atoms with Crippen molar-refractivity contribution in [1.82, 2.24) is 67.3 Å². The maximum atomic E-state index is 6.26. The summed E-state index contributed by atoms with van der Waals surface area (Å²) in [6, 6.07) is 122. The molecule has 0 aliphatic carbocycles. The molecule has 12 aromatic carbocycles. The number of rotatable bonds is 12. The summed E-state index contributed by atoms with van der Waals surface area (Å²) >= 11 is 0. The van der Waals surface area contributed by atoms with E-state index in [1.165, 1.54) is 88.1 Å². The summed E-state index contributed by atoms with van der Waals surface area (Å²) in [5.41, 5.74) is 23.2. The standard InChI is InChI=1S/2C31H21N3O.2C30H22N4O.2CH4.Pd.3Pt/c2*1-31(2)25-11-6-10-24-23-15-14-22(19-28(23)34(29(24)25)30-26(31)12-7-17-33-30)35-21-9-5-8-20(18-21)27-13-3-4-16-32-27;2*1-30(2)24-10-5-9-23-22-13-12-21(18-26(22)34(27(23)24)29-25(30)11-6-14-31-29)35-20-8-4-7-19(17-20)28-32-15-16-33(28)3;;;;;;/h2*3-17H,1-2H3;2*4-16H,1-3H3;2*1H4;;;;/q4*-2;;;4*+2. The fourth-order valence-electron chi connectivity index (χ4n) is 21.2. The molecule has 4 aliphatic rings. The van der Waals surface area contributed by atoms with Gasteiger partial charge in [0.15, 0.2) is 0 Å². The number of hydrogen-bond donors (Lipinski definition) is 0. The van der Waals surface area contributed by atoms with Gasteiger partial charge in [-0.25, -0.2) is 19.9 Å². The zero-order chi connectivity index (χ0) is 94.6. The van der Waals surface area contributed by atoms with E-state index in [0.717, 1.165) is 112 Å². The van der Waals surface area contributed by atoms with Crippen molar-refractivity contribution in [2.45, 2.75) is 91.9 Å². The molecule has 0 atom stereocenters. The number of benzene rings is 12. The minimum atomic E-state index is -0.146. The van der Waals surface area contributed by atoms with Gasteiger partial charge in [0, 0.05) is 188 Å². The first-order valence-electron chi connectivity index (χ1n) is 46.7. The molecule has 16 heterocycles. The van der Waals surface area contributed by atoms with Gasteiger partial charge in [-0.1, -0.05) is 238 Å². The number of para-hydroxylation sites is 4. The van der Waals surface area contributed by atoms with Crippen molar-refractivity contribution < 1.29 is 103 Å². The molecule has 0 unspecified atom stereocenters. The van der Waals surface area contributed by atoms with E-state index in [0.29, 0.717) is 46.0 Å². The minimum Gasteiger partial charge on any atom is -0.503 e. The fraction of sp³-hybridized carbons (Fsp3) is 0.129. The summed E-state index contributed by atoms with van der Waals surface area (Å²) in [7, 11) is 3.94. The number of pyridine rings is 6. The molecule has 0 bridgehead atoms. The van der Waals surface area contributed by atoms with Gasteiger partial charge in [-0.05, 0) is 91.6 Å². The Morgan fingerprint density at radius 3 is 0.712 bits per heavy atom. The molecule has 0 saturated heterocycles. The molecule has 22 heteroatoms. The van der Waals surface area contributed by atoms with E-state index in [9.17, 15) is 0 Å². The quantitative estimate of drug-likeness (QED) is 0.0839. The Labute approximate surface area is 903 Å². The molecule has 146 heavy (non-hydrogen) atoms. The topological polar surface area (TPSA) is 170 Å². The summed E-state index contributed by atoms with van der Waals surface area (Å²) in [5.74, 6) is 10.5. The Balaban J connectivity index is 0.000000121. The van der Waals surface area contributed by atoms with Crippen molar-refractivity contribution in [2.75, 3.05) is 0 Å². The third-order valence-corrected chi connectivity index (χ3v) is 28.0. The Kier molecular flexibility index (Phi) is 26.8. The minimum absolute atomic E-state index is 0. The second-order valence-electron chi connectivity index (χ2n) is 37.8. The molecule has 28 rings (SSSR count). The van der Waals surface area contributed by atoms with Crippen LogP contribution in [0.15, 0.2) is 341 Å². The number of aryl methyl sites for hydroxylation is 2. The summed E-state index contributed by atoms with van der Waals surface area (Å²) in [6.07, 6.45) is 18.4. The summed E-state index contributed by atoms with van der Waals surface area (Å²) in [4.78, 5) is 36.9. The van der Waals surface area contributed by atoms with Gasteiger partial charge in [-0.3, -0.25) is 9.97 Å². The van der Waals surface area contributed by atoms with Gasteiger partial charge >= 0.3 is 83.6 Å². The van der Waals surface area contributed by atoms with Crippen LogP contribution in [0.25, 0.3) is 156 Å². The smallest absolute Gasteiger partial charge is 0.503 e. The van der Waals surface area contributed by atoms with E-state index in [2.05, 4.69) is 263 Å². The number of fused-ring (bicyclic) bond motifs is 20. The van der Waals surface area contributed by atoms with Crippen LogP contribution in [0.1, 0.15) is 115 Å². The van der Waals surface area contributed by atoms with E-state index in [4.69, 9.17) is 38.9 Å². The van der Waals surface area contributed by atoms with Crippen molar-refractivity contribution >= 4 is 87.2 Å². The number of imidazole rings is 2. The maximum Gasteiger partial charge on any atom is 2.00 e. The molecule has 0 saturated carbocycles. The van der Waals surface area contributed by atoms with Gasteiger partial charge in [0.25, 0.3) is 0 Å². The largest absolute Gasteiger partial charge is 2.00 e. The van der Waals surface area contributed by atoms with E-state index >= 15 is 0 Å². The number of ether oxygens (including phenoxy) is 4. The van der Waals surface area contributed by atoms with Gasteiger partial charge in [-0.15, -0.1) is 165 Å². The molecule has 0 fully saturated rings. The summed E-state index contributed by atoms with van der Waals surface area (Å²) < 4.78 is 37.9. The van der Waals surface area contributed by atoms with Crippen LogP contribution in [0, 0.1) is 48.5 Å². The molecular weight excluding hydrogens is 2440 g/mol. The van der Waals surface area contributed by atoms with E-state index < -0.39 is 0 Å². The maximum absolute atomic E-state index is 6.26. The molecule has 0 N–H and O–H groups in total. The van der Waals surface area contributed by atoms with Gasteiger partial charge < -0.3 is 56.3 Å². The third kappa shape index (κ3) is 16.6. The molecule has 0 amide bonds. The van der Waals surface area contributed by atoms with Gasteiger partial charge in [0.1, 0.15) is 23.3 Å². The summed E-state index contributed by atoms with van der Waals surface area (Å²) in [6.45, 7) is 18.2. The van der Waals surface area contributed by atoms with Crippen LogP contribution in [0.5, 0.6) is 46.0 Å². The average molecular weight is 2540 g/mol. The molecule has 4 aliphatic heterocycles. The van der Waals surface area contributed by atoms with E-state index in [-0.39, 0.29) is 120 Å². The van der Waals surface area contributed by atoms with Crippen LogP contribution in [0.3, 0.4) is 0 Å². The van der Waals surface area contributed by atoms with Crippen LogP contribution in [-0.4, -0.2) is 67.3 Å². The molecule has 24 aromatic rings. The molecule has 18 nitrogen and oxygen atoms in total. The second-order valence-corrected chi connectivity index (χ2v) is 37.8. The van der Waals surface area contributed by atoms with Crippen LogP contribution in [-0.2, 0) is 119 Å². The Bertz CT molecular complexity index is 8650. The van der Waals surface area contributed by atoms with E-state index in [1.807, 2.05) is 218 Å². The Morgan fingerprint density at radius 1 is 0.219 bits per heavy atom. The molecule has 0 spiro atoms. The zero-order valence-corrected chi connectivity index (χ0v) is 87.9. The van der Waals surface area contributed by atoms with Crippen molar-refractivity contribution in [3.8, 4) is 115 Å². The predicted molar refractivity (Wildman–Crippen MR) is 564 cm³/mol. The normalized spacial score (nSPS) is 13.2. The number of aromatic nitrogens is 14. The molecule has 724 valence electrons. The first-order chi connectivity index (χ1) is 68.3. The SMILES string of the molecule is C.C.CC1(C)c2cccnc2-n2c3[c-]c(Oc4[c-]c(-c5ccccn5)ccc4)ccc3c3cccc1c32.CC1(C)c2cccnc2-n2c3[c-]c(Oc4[c-]c(-c5ccccn5)ccc4)ccc3c3cccc1c32.Cn1ccnc1-c1[c-]c(Oc2[c-]c3c(cc2)c2cccc4c2n3-c2ncccc2C4(C)C)ccc1.Cn1ccnc1-c1[c-]c(Oc2[c-]c3c(cc2)c2cccc4c2n3-c2ncccc2C4(C)C)ccc1.[Pd+2].[Pt+2].[Pt+2].[Pt+2]. The summed E-state index contributed by atoms with van der Waals surface area (Å²) in [5, 5.41) is 9.34. The molecule has 12 aromatic heterocycles. The van der Waals surface area contributed by atoms with Crippen molar-refractivity contribution in [2.24, 2.45) is 14.1 Å². The van der Waals surface area contributed by atoms with Crippen LogP contribution < -0.4 is 18.9 Å².